The second kappa shape index (κ2) is 5.17. The third-order valence-electron chi connectivity index (χ3n) is 3.57. The van der Waals surface area contributed by atoms with Crippen LogP contribution < -0.4 is 4.90 Å². The lowest BCUT2D eigenvalue weighted by Gasteiger charge is -2.23. The number of halogens is 1. The number of nitrogens with zero attached hydrogens (tertiary/aromatic N) is 3. The minimum Gasteiger partial charge on any atom is -0.352 e. The Bertz CT molecular complexity index is 598. The summed E-state index contributed by atoms with van der Waals surface area (Å²) >= 11 is 5.93. The van der Waals surface area contributed by atoms with Gasteiger partial charge in [0.25, 0.3) is 0 Å². The van der Waals surface area contributed by atoms with Gasteiger partial charge in [0.15, 0.2) is 0 Å². The summed E-state index contributed by atoms with van der Waals surface area (Å²) in [5, 5.41) is 0.318. The predicted octanol–water partition coefficient (Wildman–Crippen LogP) is 3.39. The van der Waals surface area contributed by atoms with E-state index >= 15 is 0 Å². The maximum absolute atomic E-state index is 5.93. The highest BCUT2D eigenvalue weighted by atomic mass is 35.5. The van der Waals surface area contributed by atoms with Crippen LogP contribution in [-0.2, 0) is 13.0 Å². The summed E-state index contributed by atoms with van der Waals surface area (Å²) in [7, 11) is 0. The molecule has 3 rings (SSSR count). The van der Waals surface area contributed by atoms with Crippen LogP contribution >= 0.6 is 11.6 Å². The van der Waals surface area contributed by atoms with E-state index in [2.05, 4.69) is 39.1 Å². The van der Waals surface area contributed by atoms with E-state index in [1.54, 1.807) is 6.20 Å². The Morgan fingerprint density at radius 1 is 1.21 bits per heavy atom. The number of benzene rings is 1. The first-order chi connectivity index (χ1) is 9.24. The van der Waals surface area contributed by atoms with Gasteiger partial charge in [0.05, 0.1) is 0 Å². The molecule has 0 bridgehead atoms. The predicted molar refractivity (Wildman–Crippen MR) is 77.6 cm³/mol. The Kier molecular flexibility index (Phi) is 3.38. The topological polar surface area (TPSA) is 29.0 Å². The number of aryl methyl sites for hydroxylation is 2. The lowest BCUT2D eigenvalue weighted by Crippen LogP contribution is -2.24. The zero-order valence-corrected chi connectivity index (χ0v) is 11.7. The first-order valence-corrected chi connectivity index (χ1v) is 6.93. The van der Waals surface area contributed by atoms with E-state index in [1.807, 2.05) is 6.92 Å². The Labute approximate surface area is 118 Å². The average Bonchev–Trinajstić information content (AvgIpc) is 2.63. The molecule has 0 radical (unpaired) electrons. The van der Waals surface area contributed by atoms with Crippen LogP contribution in [0.15, 0.2) is 30.5 Å². The molecule has 0 spiro atoms. The smallest absolute Gasteiger partial charge is 0.224 e. The zero-order valence-electron chi connectivity index (χ0n) is 10.9. The Balaban J connectivity index is 1.96. The first kappa shape index (κ1) is 12.4. The van der Waals surface area contributed by atoms with Gasteiger partial charge in [-0.2, -0.15) is 0 Å². The fraction of sp³-hybridized carbons (Fsp3) is 0.333. The number of hydrogen-bond donors (Lipinski definition) is 0. The molecule has 0 saturated heterocycles. The lowest BCUT2D eigenvalue weighted by atomic mass is 10.0. The van der Waals surface area contributed by atoms with Gasteiger partial charge in [-0.15, -0.1) is 0 Å². The van der Waals surface area contributed by atoms with E-state index in [-0.39, 0.29) is 0 Å². The molecule has 0 unspecified atom stereocenters. The van der Waals surface area contributed by atoms with E-state index in [4.69, 9.17) is 11.6 Å². The Morgan fingerprint density at radius 2 is 2.00 bits per heavy atom. The second-order valence-electron chi connectivity index (χ2n) is 4.94. The molecule has 2 aromatic rings. The number of aromatic nitrogens is 2. The molecular formula is C15H16ClN3. The quantitative estimate of drug-likeness (QED) is 0.746. The second-order valence-corrected chi connectivity index (χ2v) is 5.28. The maximum atomic E-state index is 5.93. The van der Waals surface area contributed by atoms with Crippen LogP contribution in [-0.4, -0.2) is 16.5 Å². The van der Waals surface area contributed by atoms with Crippen molar-refractivity contribution in [3.63, 3.8) is 0 Å². The Morgan fingerprint density at radius 3 is 2.84 bits per heavy atom. The molecule has 0 N–H and O–H groups in total. The summed E-state index contributed by atoms with van der Waals surface area (Å²) in [4.78, 5) is 10.7. The number of anilines is 1. The highest BCUT2D eigenvalue weighted by molar-refractivity contribution is 6.28. The largest absolute Gasteiger partial charge is 0.352 e. The molecule has 4 heteroatoms. The SMILES string of the molecule is Cc1cnc(Cl)nc1N1CCCc2ccccc2C1. The van der Waals surface area contributed by atoms with Crippen molar-refractivity contribution in [1.82, 2.24) is 9.97 Å². The van der Waals surface area contributed by atoms with Gasteiger partial charge in [0.1, 0.15) is 5.82 Å². The van der Waals surface area contributed by atoms with Gasteiger partial charge in [0, 0.05) is 24.8 Å². The van der Waals surface area contributed by atoms with Crippen LogP contribution in [0.1, 0.15) is 23.1 Å². The van der Waals surface area contributed by atoms with Gasteiger partial charge in [-0.05, 0) is 42.5 Å². The summed E-state index contributed by atoms with van der Waals surface area (Å²) in [6, 6.07) is 8.63. The van der Waals surface area contributed by atoms with Gasteiger partial charge < -0.3 is 4.90 Å². The van der Waals surface area contributed by atoms with Crippen molar-refractivity contribution in [2.45, 2.75) is 26.3 Å². The van der Waals surface area contributed by atoms with E-state index < -0.39 is 0 Å². The fourth-order valence-electron chi connectivity index (χ4n) is 2.61. The van der Waals surface area contributed by atoms with Crippen LogP contribution in [0.3, 0.4) is 0 Å². The minimum atomic E-state index is 0.318. The van der Waals surface area contributed by atoms with E-state index in [1.165, 1.54) is 11.1 Å². The third-order valence-corrected chi connectivity index (χ3v) is 3.75. The van der Waals surface area contributed by atoms with Crippen molar-refractivity contribution in [2.24, 2.45) is 0 Å². The van der Waals surface area contributed by atoms with Crippen molar-refractivity contribution in [2.75, 3.05) is 11.4 Å². The molecular weight excluding hydrogens is 258 g/mol. The summed E-state index contributed by atoms with van der Waals surface area (Å²) < 4.78 is 0. The molecule has 1 aliphatic rings. The number of hydrogen-bond acceptors (Lipinski definition) is 3. The molecule has 2 heterocycles. The molecule has 1 aliphatic heterocycles. The summed E-state index contributed by atoms with van der Waals surface area (Å²) in [5.74, 6) is 0.955. The van der Waals surface area contributed by atoms with Gasteiger partial charge >= 0.3 is 0 Å². The molecule has 0 atom stereocenters. The maximum Gasteiger partial charge on any atom is 0.224 e. The van der Waals surface area contributed by atoms with E-state index in [9.17, 15) is 0 Å². The van der Waals surface area contributed by atoms with Crippen molar-refractivity contribution in [1.29, 1.82) is 0 Å². The molecule has 0 fully saturated rings. The van der Waals surface area contributed by atoms with Crippen molar-refractivity contribution < 1.29 is 0 Å². The van der Waals surface area contributed by atoms with E-state index in [0.717, 1.165) is 37.3 Å². The van der Waals surface area contributed by atoms with Crippen LogP contribution in [0.4, 0.5) is 5.82 Å². The van der Waals surface area contributed by atoms with E-state index in [0.29, 0.717) is 5.28 Å². The monoisotopic (exact) mass is 273 g/mol. The van der Waals surface area contributed by atoms with Crippen LogP contribution in [0, 0.1) is 6.92 Å². The lowest BCUT2D eigenvalue weighted by molar-refractivity contribution is 0.749. The molecule has 19 heavy (non-hydrogen) atoms. The summed E-state index contributed by atoms with van der Waals surface area (Å²) in [6.45, 7) is 3.93. The molecule has 0 aliphatic carbocycles. The fourth-order valence-corrected chi connectivity index (χ4v) is 2.74. The molecule has 0 amide bonds. The molecule has 1 aromatic heterocycles. The first-order valence-electron chi connectivity index (χ1n) is 6.55. The normalized spacial score (nSPS) is 14.9. The Hall–Kier alpha value is -1.61. The molecule has 1 aromatic carbocycles. The van der Waals surface area contributed by atoms with Crippen molar-refractivity contribution in [3.8, 4) is 0 Å². The number of rotatable bonds is 1. The van der Waals surface area contributed by atoms with Crippen molar-refractivity contribution >= 4 is 17.4 Å². The van der Waals surface area contributed by atoms with Gasteiger partial charge in [-0.3, -0.25) is 0 Å². The zero-order chi connectivity index (χ0) is 13.2. The summed E-state index contributed by atoms with van der Waals surface area (Å²) in [5.41, 5.74) is 3.90. The van der Waals surface area contributed by atoms with Gasteiger partial charge in [-0.1, -0.05) is 24.3 Å². The van der Waals surface area contributed by atoms with Crippen LogP contribution in [0.5, 0.6) is 0 Å². The third kappa shape index (κ3) is 2.56. The highest BCUT2D eigenvalue weighted by Gasteiger charge is 2.17. The minimum absolute atomic E-state index is 0.318. The van der Waals surface area contributed by atoms with Crippen LogP contribution in [0.2, 0.25) is 5.28 Å². The molecule has 98 valence electrons. The van der Waals surface area contributed by atoms with Gasteiger partial charge in [0.2, 0.25) is 5.28 Å². The standard InChI is InChI=1S/C15H16ClN3/c1-11-9-17-15(16)18-14(11)19-8-4-7-12-5-2-3-6-13(12)10-19/h2-3,5-6,9H,4,7-8,10H2,1H3. The van der Waals surface area contributed by atoms with Crippen molar-refractivity contribution in [3.05, 3.63) is 52.4 Å². The highest BCUT2D eigenvalue weighted by Crippen LogP contribution is 2.25. The molecule has 3 nitrogen and oxygen atoms in total. The van der Waals surface area contributed by atoms with Gasteiger partial charge in [-0.25, -0.2) is 9.97 Å². The number of fused-ring (bicyclic) bond motifs is 1. The van der Waals surface area contributed by atoms with Crippen LogP contribution in [0.25, 0.3) is 0 Å². The summed E-state index contributed by atoms with van der Waals surface area (Å²) in [6.07, 6.45) is 4.06. The molecule has 0 saturated carbocycles. The average molecular weight is 274 g/mol.